The van der Waals surface area contributed by atoms with E-state index in [0.717, 1.165) is 31.4 Å². The van der Waals surface area contributed by atoms with Gasteiger partial charge in [0, 0.05) is 43.9 Å². The van der Waals surface area contributed by atoms with Gasteiger partial charge in [0.05, 0.1) is 5.69 Å². The number of halogens is 1. The van der Waals surface area contributed by atoms with Gasteiger partial charge in [-0.05, 0) is 54.6 Å². The first kappa shape index (κ1) is 22.8. The molecule has 0 spiro atoms. The van der Waals surface area contributed by atoms with Gasteiger partial charge in [0.1, 0.15) is 23.1 Å². The van der Waals surface area contributed by atoms with E-state index in [0.29, 0.717) is 18.0 Å². The maximum absolute atomic E-state index is 12.5. The average Bonchev–Trinajstić information content (AvgIpc) is 3.03. The monoisotopic (exact) mass is 473 g/mol. The fourth-order valence-electron chi connectivity index (χ4n) is 8.03. The van der Waals surface area contributed by atoms with Crippen LogP contribution in [0.4, 0.5) is 0 Å². The number of nitrogens with zero attached hydrogens (tertiary/aromatic N) is 1. The predicted molar refractivity (Wildman–Crippen MR) is 122 cm³/mol. The van der Waals surface area contributed by atoms with Crippen LogP contribution in [0.3, 0.4) is 0 Å². The zero-order chi connectivity index (χ0) is 23.7. The lowest BCUT2D eigenvalue weighted by molar-refractivity contribution is -0.229. The van der Waals surface area contributed by atoms with Crippen LogP contribution in [0.5, 0.6) is 0 Å². The third-order valence-electron chi connectivity index (χ3n) is 9.44. The largest absolute Gasteiger partial charge is 0.458 e. The normalized spacial score (nSPS) is 41.3. The molecule has 33 heavy (non-hydrogen) atoms. The van der Waals surface area contributed by atoms with Crippen LogP contribution in [0, 0.1) is 29.1 Å². The molecule has 6 nitrogen and oxygen atoms in total. The first-order chi connectivity index (χ1) is 15.5. The van der Waals surface area contributed by atoms with Crippen molar-refractivity contribution in [3.8, 4) is 0 Å². The third-order valence-corrected chi connectivity index (χ3v) is 9.65. The molecule has 5 rings (SSSR count). The van der Waals surface area contributed by atoms with Gasteiger partial charge in [-0.15, -0.1) is 0 Å². The van der Waals surface area contributed by atoms with E-state index in [2.05, 4.69) is 19.9 Å². The third kappa shape index (κ3) is 3.43. The van der Waals surface area contributed by atoms with Crippen molar-refractivity contribution in [2.45, 2.75) is 83.8 Å². The minimum atomic E-state index is -0.621. The van der Waals surface area contributed by atoms with E-state index in [4.69, 9.17) is 26.1 Å². The molecule has 4 aliphatic carbocycles. The maximum atomic E-state index is 12.5. The number of esters is 2. The molecule has 3 fully saturated rings. The van der Waals surface area contributed by atoms with Gasteiger partial charge in [0.25, 0.3) is 0 Å². The first-order valence-corrected chi connectivity index (χ1v) is 12.4. The number of ketones is 1. The van der Waals surface area contributed by atoms with E-state index >= 15 is 0 Å². The van der Waals surface area contributed by atoms with Crippen molar-refractivity contribution in [3.05, 3.63) is 28.5 Å². The highest BCUT2D eigenvalue weighted by molar-refractivity contribution is 6.29. The fraction of sp³-hybridized carbons (Fsp3) is 0.692. The Hall–Kier alpha value is -1.95. The molecule has 0 bridgehead atoms. The molecule has 0 N–H and O–H groups in total. The number of carbonyl (C=O) groups is 3. The summed E-state index contributed by atoms with van der Waals surface area (Å²) in [6.07, 6.45) is 3.27. The van der Waals surface area contributed by atoms with Crippen LogP contribution >= 0.6 is 11.6 Å². The van der Waals surface area contributed by atoms with E-state index in [9.17, 15) is 14.4 Å². The summed E-state index contributed by atoms with van der Waals surface area (Å²) in [5.41, 5.74) is 1.91. The second kappa shape index (κ2) is 7.79. The van der Waals surface area contributed by atoms with Crippen molar-refractivity contribution in [2.24, 2.45) is 29.1 Å². The molecule has 1 heterocycles. The summed E-state index contributed by atoms with van der Waals surface area (Å²) in [5.74, 6) is -0.260. The van der Waals surface area contributed by atoms with Gasteiger partial charge >= 0.3 is 11.9 Å². The summed E-state index contributed by atoms with van der Waals surface area (Å²) < 4.78 is 11.9. The van der Waals surface area contributed by atoms with E-state index in [1.165, 1.54) is 19.4 Å². The van der Waals surface area contributed by atoms with Gasteiger partial charge in [-0.2, -0.15) is 0 Å². The van der Waals surface area contributed by atoms with E-state index < -0.39 is 18.2 Å². The molecule has 0 aromatic carbocycles. The molecule has 1 aromatic rings. The van der Waals surface area contributed by atoms with Crippen molar-refractivity contribution in [1.82, 2.24) is 4.98 Å². The number of hydrogen-bond acceptors (Lipinski definition) is 6. The summed E-state index contributed by atoms with van der Waals surface area (Å²) in [5, 5.41) is 0.494. The Bertz CT molecular complexity index is 1030. The zero-order valence-corrected chi connectivity index (χ0v) is 20.5. The predicted octanol–water partition coefficient (Wildman–Crippen LogP) is 4.44. The average molecular weight is 474 g/mol. The van der Waals surface area contributed by atoms with Crippen molar-refractivity contribution < 1.29 is 23.9 Å². The number of Topliss-reactive ketones (excluding diaryl/α,β-unsaturated/α-hetero) is 1. The van der Waals surface area contributed by atoms with Gasteiger partial charge < -0.3 is 9.47 Å². The molecule has 0 aliphatic heterocycles. The Labute approximate surface area is 199 Å². The molecular formula is C26H32ClNO5. The number of hydrogen-bond donors (Lipinski definition) is 0. The Morgan fingerprint density at radius 3 is 2.39 bits per heavy atom. The number of fused-ring (bicyclic) bond motifs is 7. The highest BCUT2D eigenvalue weighted by Crippen LogP contribution is 2.66. The Morgan fingerprint density at radius 2 is 1.70 bits per heavy atom. The summed E-state index contributed by atoms with van der Waals surface area (Å²) in [4.78, 5) is 41.8. The SMILES string of the molecule is CC(=O)OC1[C@@H]2[C@H](CC[C@]3(C)c4nc(Cl)ccc4C[C@@H]23)[C@@]2(C)CCC(=O)C[C@@H]2[C@H]1OC(C)=O. The van der Waals surface area contributed by atoms with Gasteiger partial charge in [-0.1, -0.05) is 31.5 Å². The van der Waals surface area contributed by atoms with Crippen LogP contribution in [0.2, 0.25) is 5.15 Å². The smallest absolute Gasteiger partial charge is 0.303 e. The lowest BCUT2D eigenvalue weighted by Crippen LogP contribution is -2.65. The second-order valence-electron chi connectivity index (χ2n) is 11.1. The molecule has 3 saturated carbocycles. The van der Waals surface area contributed by atoms with Gasteiger partial charge in [-0.25, -0.2) is 4.98 Å². The zero-order valence-electron chi connectivity index (χ0n) is 19.7. The first-order valence-electron chi connectivity index (χ1n) is 12.1. The number of rotatable bonds is 2. The van der Waals surface area contributed by atoms with Crippen LogP contribution in [0.25, 0.3) is 0 Å². The van der Waals surface area contributed by atoms with Crippen LogP contribution in [-0.2, 0) is 35.7 Å². The Kier molecular flexibility index (Phi) is 5.39. The molecule has 0 radical (unpaired) electrons. The van der Waals surface area contributed by atoms with Gasteiger partial charge in [0.2, 0.25) is 0 Å². The van der Waals surface area contributed by atoms with Crippen molar-refractivity contribution in [2.75, 3.05) is 0 Å². The maximum Gasteiger partial charge on any atom is 0.303 e. The molecule has 0 amide bonds. The summed E-state index contributed by atoms with van der Waals surface area (Å²) in [6.45, 7) is 7.32. The molecule has 8 atom stereocenters. The van der Waals surface area contributed by atoms with Gasteiger partial charge in [0.15, 0.2) is 0 Å². The lowest BCUT2D eigenvalue weighted by atomic mass is 9.43. The van der Waals surface area contributed by atoms with Crippen LogP contribution in [-0.4, -0.2) is 34.9 Å². The Balaban J connectivity index is 1.64. The molecule has 1 aromatic heterocycles. The summed E-state index contributed by atoms with van der Waals surface area (Å²) in [6, 6.07) is 3.91. The van der Waals surface area contributed by atoms with Crippen molar-refractivity contribution in [1.29, 1.82) is 0 Å². The van der Waals surface area contributed by atoms with Crippen LogP contribution in [0.15, 0.2) is 12.1 Å². The standard InChI is InChI=1S/C26H32ClNO5/c1-13(29)32-22-19-12-16(31)7-9-25(19,3)17-8-10-26(4)18(21(17)23(22)33-14(2)30)11-15-5-6-20(27)28-24(15)26/h5-6,17-19,21-23H,7-12H2,1-4H3/t17-,18-,19+,21+,22+,23?,25+,26-/m0/s1. The molecular weight excluding hydrogens is 442 g/mol. The van der Waals surface area contributed by atoms with E-state index in [1.807, 2.05) is 6.07 Å². The van der Waals surface area contributed by atoms with Crippen LogP contribution < -0.4 is 0 Å². The highest BCUT2D eigenvalue weighted by atomic mass is 35.5. The molecule has 7 heteroatoms. The van der Waals surface area contributed by atoms with E-state index in [-0.39, 0.29) is 46.3 Å². The minimum absolute atomic E-state index is 0.0134. The molecule has 4 aliphatic rings. The number of ether oxygens (including phenoxy) is 2. The van der Waals surface area contributed by atoms with Gasteiger partial charge in [-0.3, -0.25) is 14.4 Å². The Morgan fingerprint density at radius 1 is 1.00 bits per heavy atom. The molecule has 178 valence electrons. The fourth-order valence-corrected chi connectivity index (χ4v) is 8.18. The summed E-state index contributed by atoms with van der Waals surface area (Å²) in [7, 11) is 0. The summed E-state index contributed by atoms with van der Waals surface area (Å²) >= 11 is 6.29. The second-order valence-corrected chi connectivity index (χ2v) is 11.5. The number of carbonyl (C=O) groups excluding carboxylic acids is 3. The van der Waals surface area contributed by atoms with Crippen molar-refractivity contribution >= 4 is 29.3 Å². The van der Waals surface area contributed by atoms with Crippen LogP contribution in [0.1, 0.15) is 71.1 Å². The minimum Gasteiger partial charge on any atom is -0.458 e. The quantitative estimate of drug-likeness (QED) is 0.466. The lowest BCUT2D eigenvalue weighted by Gasteiger charge is -2.62. The molecule has 1 unspecified atom stereocenters. The topological polar surface area (TPSA) is 82.6 Å². The highest BCUT2D eigenvalue weighted by Gasteiger charge is 2.66. The number of aromatic nitrogens is 1. The van der Waals surface area contributed by atoms with Crippen molar-refractivity contribution in [3.63, 3.8) is 0 Å². The number of pyridine rings is 1. The van der Waals surface area contributed by atoms with E-state index in [1.54, 1.807) is 0 Å². The molecule has 0 saturated heterocycles.